The molecule has 0 radical (unpaired) electrons. The quantitative estimate of drug-likeness (QED) is 0.429. The monoisotopic (exact) mass is 368 g/mol. The molecule has 1 amide bonds. The van der Waals surface area contributed by atoms with Gasteiger partial charge in [-0.1, -0.05) is 30.3 Å². The van der Waals surface area contributed by atoms with Crippen LogP contribution in [0.25, 0.3) is 0 Å². The summed E-state index contributed by atoms with van der Waals surface area (Å²) in [6, 6.07) is 7.54. The lowest BCUT2D eigenvalue weighted by molar-refractivity contribution is -0.149. The zero-order chi connectivity index (χ0) is 19.5. The number of hydrogen-bond donors (Lipinski definition) is 4. The maximum absolute atomic E-state index is 11.6. The van der Waals surface area contributed by atoms with E-state index in [9.17, 15) is 24.3 Å². The van der Waals surface area contributed by atoms with Crippen molar-refractivity contribution in [1.29, 1.82) is 0 Å². The van der Waals surface area contributed by atoms with Crippen LogP contribution in [-0.2, 0) is 25.7 Å². The summed E-state index contributed by atoms with van der Waals surface area (Å²) >= 11 is 0. The molecule has 0 aliphatic heterocycles. The fourth-order valence-corrected chi connectivity index (χ4v) is 2.17. The minimum atomic E-state index is -1.38. The Balaban J connectivity index is 2.50. The Bertz CT molecular complexity index is 618. The van der Waals surface area contributed by atoms with Crippen LogP contribution in [0.2, 0.25) is 0 Å². The molecule has 1 aromatic rings. The maximum atomic E-state index is 11.6. The molecule has 0 heterocycles. The van der Waals surface area contributed by atoms with Crippen molar-refractivity contribution in [1.82, 2.24) is 10.2 Å². The van der Waals surface area contributed by atoms with Gasteiger partial charge in [-0.25, -0.2) is 4.79 Å². The zero-order valence-electron chi connectivity index (χ0n) is 13.8. The number of aliphatic carboxylic acids is 3. The maximum Gasteiger partial charge on any atom is 0.407 e. The van der Waals surface area contributed by atoms with Gasteiger partial charge in [-0.15, -0.1) is 0 Å². The first-order valence-electron chi connectivity index (χ1n) is 7.64. The molecule has 0 aromatic heterocycles. The fraction of sp³-hybridized carbons (Fsp3) is 0.375. The van der Waals surface area contributed by atoms with Crippen LogP contribution in [0.4, 0.5) is 4.79 Å². The van der Waals surface area contributed by atoms with Gasteiger partial charge >= 0.3 is 24.0 Å². The lowest BCUT2D eigenvalue weighted by Crippen LogP contribution is -2.47. The average Bonchev–Trinajstić information content (AvgIpc) is 2.56. The number of benzene rings is 1. The number of nitrogens with zero attached hydrogens (tertiary/aromatic N) is 1. The number of alkyl carbamates (subject to hydrolysis) is 1. The molecule has 4 N–H and O–H groups in total. The number of ether oxygens (including phenoxy) is 1. The number of nitrogens with one attached hydrogen (secondary N) is 1. The van der Waals surface area contributed by atoms with E-state index < -0.39 is 43.1 Å². The number of carbonyl (C=O) groups excluding carboxylic acids is 1. The zero-order valence-corrected chi connectivity index (χ0v) is 13.8. The topological polar surface area (TPSA) is 153 Å². The molecule has 0 spiro atoms. The Morgan fingerprint density at radius 1 is 1.00 bits per heavy atom. The first kappa shape index (κ1) is 20.9. The van der Waals surface area contributed by atoms with Gasteiger partial charge in [0.05, 0.1) is 13.1 Å². The van der Waals surface area contributed by atoms with E-state index in [2.05, 4.69) is 5.32 Å². The van der Waals surface area contributed by atoms with E-state index in [4.69, 9.17) is 14.9 Å². The van der Waals surface area contributed by atoms with Crippen molar-refractivity contribution < 1.29 is 39.2 Å². The predicted octanol–water partition coefficient (Wildman–Crippen LogP) is 0.227. The molecule has 142 valence electrons. The van der Waals surface area contributed by atoms with Gasteiger partial charge in [-0.05, 0) is 12.0 Å². The summed E-state index contributed by atoms with van der Waals surface area (Å²) < 4.78 is 4.96. The largest absolute Gasteiger partial charge is 0.480 e. The lowest BCUT2D eigenvalue weighted by Gasteiger charge is -2.25. The van der Waals surface area contributed by atoms with Crippen molar-refractivity contribution in [3.05, 3.63) is 35.9 Å². The predicted molar refractivity (Wildman–Crippen MR) is 87.5 cm³/mol. The van der Waals surface area contributed by atoms with E-state index in [0.717, 1.165) is 10.5 Å². The van der Waals surface area contributed by atoms with Crippen LogP contribution in [0.3, 0.4) is 0 Å². The summed E-state index contributed by atoms with van der Waals surface area (Å²) in [5.41, 5.74) is 0.778. The summed E-state index contributed by atoms with van der Waals surface area (Å²) in [5, 5.41) is 29.2. The summed E-state index contributed by atoms with van der Waals surface area (Å²) in [6.07, 6.45) is -0.947. The number of rotatable bonds is 11. The van der Waals surface area contributed by atoms with E-state index >= 15 is 0 Å². The Hall–Kier alpha value is -3.14. The molecule has 0 aliphatic carbocycles. The van der Waals surface area contributed by atoms with Crippen LogP contribution in [0.15, 0.2) is 30.3 Å². The Morgan fingerprint density at radius 3 is 2.08 bits per heavy atom. The number of carboxylic acids is 3. The fourth-order valence-electron chi connectivity index (χ4n) is 2.17. The van der Waals surface area contributed by atoms with E-state index in [1.54, 1.807) is 24.3 Å². The molecule has 0 aliphatic rings. The molecule has 1 atom stereocenters. The standard InChI is InChI=1S/C16H20N2O8/c19-13(20)8-18(9-14(21)22)12(15(23)24)6-7-17-16(25)26-10-11-4-2-1-3-5-11/h1-5,12H,6-10H2,(H,17,25)(H,19,20)(H,21,22)(H,23,24). The second kappa shape index (κ2) is 10.7. The molecule has 0 saturated carbocycles. The first-order valence-corrected chi connectivity index (χ1v) is 7.64. The highest BCUT2D eigenvalue weighted by Gasteiger charge is 2.28. The third kappa shape index (κ3) is 8.11. The summed E-state index contributed by atoms with van der Waals surface area (Å²) in [7, 11) is 0. The molecular weight excluding hydrogens is 348 g/mol. The summed E-state index contributed by atoms with van der Waals surface area (Å²) in [5.74, 6) is -4.09. The van der Waals surface area contributed by atoms with Crippen molar-refractivity contribution in [2.75, 3.05) is 19.6 Å². The van der Waals surface area contributed by atoms with Crippen molar-refractivity contribution in [2.45, 2.75) is 19.1 Å². The van der Waals surface area contributed by atoms with Crippen LogP contribution in [-0.4, -0.2) is 69.9 Å². The van der Waals surface area contributed by atoms with Gasteiger partial charge in [0.15, 0.2) is 0 Å². The van der Waals surface area contributed by atoms with Gasteiger partial charge in [0.25, 0.3) is 0 Å². The van der Waals surface area contributed by atoms with Crippen LogP contribution in [0, 0.1) is 0 Å². The summed E-state index contributed by atoms with van der Waals surface area (Å²) in [6.45, 7) is -1.58. The molecular formula is C16H20N2O8. The Kier molecular flexibility index (Phi) is 8.58. The smallest absolute Gasteiger partial charge is 0.407 e. The molecule has 0 bridgehead atoms. The minimum Gasteiger partial charge on any atom is -0.480 e. The molecule has 26 heavy (non-hydrogen) atoms. The van der Waals surface area contributed by atoms with Gasteiger partial charge in [0.2, 0.25) is 0 Å². The minimum absolute atomic E-state index is 0.0409. The van der Waals surface area contributed by atoms with Crippen molar-refractivity contribution in [2.24, 2.45) is 0 Å². The van der Waals surface area contributed by atoms with Gasteiger partial charge in [-0.3, -0.25) is 19.3 Å². The Labute approximate surface area is 149 Å². The molecule has 10 heteroatoms. The second-order valence-electron chi connectivity index (χ2n) is 5.32. The highest BCUT2D eigenvalue weighted by molar-refractivity contribution is 5.78. The van der Waals surface area contributed by atoms with Crippen molar-refractivity contribution >= 4 is 24.0 Å². The number of amides is 1. The van der Waals surface area contributed by atoms with E-state index in [-0.39, 0.29) is 19.6 Å². The third-order valence-electron chi connectivity index (χ3n) is 3.30. The molecule has 1 aromatic carbocycles. The van der Waals surface area contributed by atoms with Gasteiger partial charge in [0, 0.05) is 6.54 Å². The molecule has 1 unspecified atom stereocenters. The van der Waals surface area contributed by atoms with Crippen LogP contribution in [0.5, 0.6) is 0 Å². The molecule has 10 nitrogen and oxygen atoms in total. The molecule has 0 saturated heterocycles. The number of carboxylic acid groups (broad SMARTS) is 3. The highest BCUT2D eigenvalue weighted by atomic mass is 16.5. The normalized spacial score (nSPS) is 11.6. The average molecular weight is 368 g/mol. The van der Waals surface area contributed by atoms with Gasteiger partial charge in [-0.2, -0.15) is 0 Å². The van der Waals surface area contributed by atoms with E-state index in [1.165, 1.54) is 0 Å². The third-order valence-corrected chi connectivity index (χ3v) is 3.30. The SMILES string of the molecule is O=C(O)CN(CC(=O)O)C(CCNC(=O)OCc1ccccc1)C(=O)O. The van der Waals surface area contributed by atoms with Gasteiger partial charge < -0.3 is 25.4 Å². The van der Waals surface area contributed by atoms with E-state index in [1.807, 2.05) is 6.07 Å². The van der Waals surface area contributed by atoms with Crippen molar-refractivity contribution in [3.63, 3.8) is 0 Å². The summed E-state index contributed by atoms with van der Waals surface area (Å²) in [4.78, 5) is 45.3. The number of hydrogen-bond acceptors (Lipinski definition) is 6. The Morgan fingerprint density at radius 2 is 1.58 bits per heavy atom. The number of carbonyl (C=O) groups is 4. The molecule has 0 fully saturated rings. The van der Waals surface area contributed by atoms with Crippen LogP contribution >= 0.6 is 0 Å². The lowest BCUT2D eigenvalue weighted by atomic mass is 10.1. The van der Waals surface area contributed by atoms with Crippen LogP contribution in [0.1, 0.15) is 12.0 Å². The van der Waals surface area contributed by atoms with Gasteiger partial charge in [0.1, 0.15) is 12.6 Å². The van der Waals surface area contributed by atoms with Crippen molar-refractivity contribution in [3.8, 4) is 0 Å². The van der Waals surface area contributed by atoms with E-state index in [0.29, 0.717) is 0 Å². The first-order chi connectivity index (χ1) is 12.3. The highest BCUT2D eigenvalue weighted by Crippen LogP contribution is 2.05. The molecule has 1 rings (SSSR count). The second-order valence-corrected chi connectivity index (χ2v) is 5.32. The van der Waals surface area contributed by atoms with Crippen LogP contribution < -0.4 is 5.32 Å².